The maximum absolute atomic E-state index is 10.0. The van der Waals surface area contributed by atoms with E-state index >= 15 is 0 Å². The molecule has 0 atom stereocenters. The molecule has 1 N–H and O–H groups in total. The van der Waals surface area contributed by atoms with Crippen LogP contribution in [0.25, 0.3) is 0 Å². The first-order chi connectivity index (χ1) is 4.66. The third kappa shape index (κ3) is 6.38. The molecule has 10 heavy (non-hydrogen) atoms. The van der Waals surface area contributed by atoms with E-state index in [0.29, 0.717) is 3.53 Å². The number of carboxylic acid groups (broad SMARTS) is 1. The number of carbonyl (C=O) groups is 1. The summed E-state index contributed by atoms with van der Waals surface area (Å²) in [5.74, 6) is 0.168. The molecule has 0 saturated carbocycles. The van der Waals surface area contributed by atoms with Gasteiger partial charge in [0.1, 0.15) is 3.53 Å². The summed E-state index contributed by atoms with van der Waals surface area (Å²) in [5, 5.41) is 8.24. The summed E-state index contributed by atoms with van der Waals surface area (Å²) in [6, 6.07) is 0. The van der Waals surface area contributed by atoms with Gasteiger partial charge in [-0.2, -0.15) is 0 Å². The zero-order valence-electron chi connectivity index (χ0n) is 5.49. The van der Waals surface area contributed by atoms with Crippen LogP contribution >= 0.6 is 35.7 Å². The van der Waals surface area contributed by atoms with Gasteiger partial charge < -0.3 is 5.11 Å². The summed E-state index contributed by atoms with van der Waals surface area (Å²) in [4.78, 5) is 10.0. The van der Waals surface area contributed by atoms with E-state index in [9.17, 15) is 4.79 Å². The molecule has 0 aliphatic carbocycles. The minimum absolute atomic E-state index is 0.0752. The Kier molecular flexibility index (Phi) is 6.16. The summed E-state index contributed by atoms with van der Waals surface area (Å²) in [7, 11) is 0. The van der Waals surface area contributed by atoms with E-state index < -0.39 is 5.97 Å². The Labute approximate surface area is 73.8 Å². The van der Waals surface area contributed by atoms with Crippen LogP contribution in [0, 0.1) is 0 Å². The van der Waals surface area contributed by atoms with E-state index in [0.717, 1.165) is 5.75 Å². The fourth-order valence-electron chi connectivity index (χ4n) is 0.280. The second kappa shape index (κ2) is 6.00. The van der Waals surface area contributed by atoms with Crippen molar-refractivity contribution in [2.45, 2.75) is 6.92 Å². The molecule has 0 bridgehead atoms. The van der Waals surface area contributed by atoms with Gasteiger partial charge >= 0.3 is 5.97 Å². The normalized spacial score (nSPS) is 9.30. The highest BCUT2D eigenvalue weighted by atomic mass is 32.2. The van der Waals surface area contributed by atoms with Crippen LogP contribution in [0.5, 0.6) is 0 Å². The van der Waals surface area contributed by atoms with Crippen molar-refractivity contribution in [2.24, 2.45) is 0 Å². The first-order valence-corrected chi connectivity index (χ1v) is 5.06. The van der Waals surface area contributed by atoms with Crippen LogP contribution in [0.3, 0.4) is 0 Å². The summed E-state index contributed by atoms with van der Waals surface area (Å²) in [6.45, 7) is 1.98. The molecule has 0 aromatic carbocycles. The van der Waals surface area contributed by atoms with Gasteiger partial charge in [-0.15, -0.1) is 11.8 Å². The first-order valence-electron chi connectivity index (χ1n) is 2.68. The third-order valence-corrected chi connectivity index (χ3v) is 3.14. The number of rotatable bonds is 3. The number of hydrogen-bond acceptors (Lipinski definition) is 4. The summed E-state index contributed by atoms with van der Waals surface area (Å²) >= 11 is 7.54. The Morgan fingerprint density at radius 2 is 2.20 bits per heavy atom. The van der Waals surface area contributed by atoms with Crippen molar-refractivity contribution >= 4 is 45.2 Å². The average Bonchev–Trinajstić information content (AvgIpc) is 1.85. The Morgan fingerprint density at radius 3 is 2.60 bits per heavy atom. The van der Waals surface area contributed by atoms with Crippen LogP contribution in [0.15, 0.2) is 0 Å². The Bertz CT molecular complexity index is 135. The lowest BCUT2D eigenvalue weighted by atomic mass is 10.8. The molecular weight excluding hydrogens is 188 g/mol. The van der Waals surface area contributed by atoms with Crippen molar-refractivity contribution in [3.63, 3.8) is 0 Å². The largest absolute Gasteiger partial charge is 0.481 e. The number of thiocarbonyl (C=S) groups is 1. The van der Waals surface area contributed by atoms with Crippen LogP contribution in [0.1, 0.15) is 6.92 Å². The Morgan fingerprint density at radius 1 is 1.60 bits per heavy atom. The van der Waals surface area contributed by atoms with Gasteiger partial charge in [0.05, 0.1) is 5.75 Å². The fraction of sp³-hybridized carbons (Fsp3) is 0.600. The topological polar surface area (TPSA) is 37.3 Å². The Balaban J connectivity index is 3.30. The van der Waals surface area contributed by atoms with Crippen LogP contribution in [0.2, 0.25) is 0 Å². The fourth-order valence-corrected chi connectivity index (χ4v) is 2.15. The molecule has 0 heterocycles. The van der Waals surface area contributed by atoms with Crippen molar-refractivity contribution in [1.29, 1.82) is 0 Å². The highest BCUT2D eigenvalue weighted by molar-refractivity contribution is 8.47. The van der Waals surface area contributed by atoms with Crippen LogP contribution in [-0.4, -0.2) is 26.1 Å². The van der Waals surface area contributed by atoms with Gasteiger partial charge in [-0.3, -0.25) is 4.79 Å². The van der Waals surface area contributed by atoms with Gasteiger partial charge in [-0.05, 0) is 5.75 Å². The molecule has 0 fully saturated rings. The van der Waals surface area contributed by atoms with Crippen LogP contribution < -0.4 is 0 Å². The summed E-state index contributed by atoms with van der Waals surface area (Å²) in [6.07, 6.45) is 0. The minimum Gasteiger partial charge on any atom is -0.481 e. The SMILES string of the molecule is CCSC(=S)SCC(=O)O. The second-order valence-corrected chi connectivity index (χ2v) is 4.81. The molecule has 0 aromatic heterocycles. The van der Waals surface area contributed by atoms with Crippen molar-refractivity contribution < 1.29 is 9.90 Å². The van der Waals surface area contributed by atoms with Crippen LogP contribution in [-0.2, 0) is 4.79 Å². The molecule has 0 spiro atoms. The maximum Gasteiger partial charge on any atom is 0.313 e. The molecule has 0 amide bonds. The van der Waals surface area contributed by atoms with E-state index in [1.54, 1.807) is 0 Å². The minimum atomic E-state index is -0.816. The van der Waals surface area contributed by atoms with E-state index in [1.807, 2.05) is 6.92 Å². The first kappa shape index (κ1) is 10.3. The highest BCUT2D eigenvalue weighted by Crippen LogP contribution is 2.15. The standard InChI is InChI=1S/C5H8O2S3/c1-2-9-5(8)10-3-4(6)7/h2-3H2,1H3,(H,6,7). The van der Waals surface area contributed by atoms with Gasteiger partial charge in [0.2, 0.25) is 0 Å². The number of hydrogen-bond donors (Lipinski definition) is 1. The predicted octanol–water partition coefficient (Wildman–Crippen LogP) is 1.84. The summed E-state index contributed by atoms with van der Waals surface area (Å²) < 4.78 is 0.713. The predicted molar refractivity (Wildman–Crippen MR) is 50.8 cm³/mol. The zero-order valence-corrected chi connectivity index (χ0v) is 7.94. The average molecular weight is 196 g/mol. The number of aliphatic carboxylic acids is 1. The lowest BCUT2D eigenvalue weighted by molar-refractivity contribution is -0.133. The second-order valence-electron chi connectivity index (χ2n) is 1.37. The lowest BCUT2D eigenvalue weighted by Crippen LogP contribution is -1.99. The van der Waals surface area contributed by atoms with E-state index in [1.165, 1.54) is 23.5 Å². The molecule has 0 aliphatic heterocycles. The molecule has 0 saturated heterocycles. The molecule has 0 unspecified atom stereocenters. The monoisotopic (exact) mass is 196 g/mol. The van der Waals surface area contributed by atoms with Crippen molar-refractivity contribution in [3.8, 4) is 0 Å². The van der Waals surface area contributed by atoms with E-state index in [2.05, 4.69) is 0 Å². The van der Waals surface area contributed by atoms with Gasteiger partial charge in [-0.25, -0.2) is 0 Å². The lowest BCUT2D eigenvalue weighted by Gasteiger charge is -1.96. The number of thioether (sulfide) groups is 2. The third-order valence-electron chi connectivity index (χ3n) is 0.576. The zero-order chi connectivity index (χ0) is 7.98. The van der Waals surface area contributed by atoms with Crippen molar-refractivity contribution in [1.82, 2.24) is 0 Å². The summed E-state index contributed by atoms with van der Waals surface area (Å²) in [5.41, 5.74) is 0. The molecular formula is C5H8O2S3. The quantitative estimate of drug-likeness (QED) is 0.697. The molecule has 58 valence electrons. The van der Waals surface area contributed by atoms with Gasteiger partial charge in [0.15, 0.2) is 0 Å². The molecule has 0 radical (unpaired) electrons. The highest BCUT2D eigenvalue weighted by Gasteiger charge is 2.00. The van der Waals surface area contributed by atoms with Crippen molar-refractivity contribution in [3.05, 3.63) is 0 Å². The van der Waals surface area contributed by atoms with Crippen LogP contribution in [0.4, 0.5) is 0 Å². The van der Waals surface area contributed by atoms with Gasteiger partial charge in [0.25, 0.3) is 0 Å². The smallest absolute Gasteiger partial charge is 0.313 e. The van der Waals surface area contributed by atoms with Gasteiger partial charge in [-0.1, -0.05) is 30.9 Å². The molecule has 0 aromatic rings. The molecule has 0 rings (SSSR count). The van der Waals surface area contributed by atoms with E-state index in [4.69, 9.17) is 17.3 Å². The maximum atomic E-state index is 10.0. The Hall–Kier alpha value is 0.260. The van der Waals surface area contributed by atoms with Gasteiger partial charge in [0, 0.05) is 0 Å². The molecule has 5 heteroatoms. The molecule has 2 nitrogen and oxygen atoms in total. The number of carboxylic acids is 1. The van der Waals surface area contributed by atoms with Crippen molar-refractivity contribution in [2.75, 3.05) is 11.5 Å². The van der Waals surface area contributed by atoms with E-state index in [-0.39, 0.29) is 5.75 Å². The molecule has 0 aliphatic rings.